The molecule has 6 N–H and O–H groups in total. The first-order valence-electron chi connectivity index (χ1n) is 14.5. The molecule has 0 aliphatic carbocycles. The lowest BCUT2D eigenvalue weighted by Crippen LogP contribution is -2.34. The molecular weight excluding hydrogens is 674 g/mol. The van der Waals surface area contributed by atoms with Gasteiger partial charge in [-0.25, -0.2) is 22.6 Å². The normalized spacial score (nSPS) is 11.9. The maximum atomic E-state index is 15.2. The Morgan fingerprint density at radius 2 is 1.67 bits per heavy atom. The molecule has 0 spiro atoms. The molecule has 12 nitrogen and oxygen atoms in total. The van der Waals surface area contributed by atoms with E-state index in [2.05, 4.69) is 20.9 Å². The van der Waals surface area contributed by atoms with Crippen LogP contribution < -0.4 is 26.4 Å². The molecule has 1 aromatic heterocycles. The zero-order valence-electron chi connectivity index (χ0n) is 26.4. The van der Waals surface area contributed by atoms with E-state index in [9.17, 15) is 31.2 Å². The molecule has 4 aromatic rings. The summed E-state index contributed by atoms with van der Waals surface area (Å²) in [4.78, 5) is 38.3. The fourth-order valence-corrected chi connectivity index (χ4v) is 5.60. The molecule has 0 saturated carbocycles. The number of rotatable bonds is 11. The lowest BCUT2D eigenvalue weighted by atomic mass is 10.0. The first-order valence-corrected chi connectivity index (χ1v) is 16.2. The molecule has 0 aliphatic rings. The van der Waals surface area contributed by atoms with Crippen LogP contribution in [0.5, 0.6) is 5.75 Å². The Labute approximate surface area is 278 Å². The highest BCUT2D eigenvalue weighted by molar-refractivity contribution is 7.91. The van der Waals surface area contributed by atoms with Crippen LogP contribution >= 0.6 is 0 Å². The van der Waals surface area contributed by atoms with Gasteiger partial charge in [0.15, 0.2) is 9.84 Å². The number of halogens is 4. The predicted molar refractivity (Wildman–Crippen MR) is 174 cm³/mol. The summed E-state index contributed by atoms with van der Waals surface area (Å²) in [5, 5.41) is 17.1. The number of anilines is 3. The molecule has 1 heterocycles. The summed E-state index contributed by atoms with van der Waals surface area (Å²) in [6, 6.07) is 14.3. The second-order valence-electron chi connectivity index (χ2n) is 10.3. The minimum absolute atomic E-state index is 0.0224. The van der Waals surface area contributed by atoms with Gasteiger partial charge in [-0.2, -0.15) is 13.2 Å². The number of carboxylic acids is 1. The van der Waals surface area contributed by atoms with Crippen LogP contribution in [0.25, 0.3) is 10.8 Å². The van der Waals surface area contributed by atoms with Crippen LogP contribution in [-0.4, -0.2) is 54.8 Å². The Morgan fingerprint density at radius 1 is 1.00 bits per heavy atom. The highest BCUT2D eigenvalue weighted by Crippen LogP contribution is 2.30. The minimum atomic E-state index is -5.08. The van der Waals surface area contributed by atoms with Crippen molar-refractivity contribution in [3.63, 3.8) is 0 Å². The quantitative estimate of drug-likeness (QED) is 0.129. The van der Waals surface area contributed by atoms with E-state index in [1.807, 2.05) is 0 Å². The fraction of sp³-hybridized carbons (Fsp3) is 0.250. The summed E-state index contributed by atoms with van der Waals surface area (Å²) < 4.78 is 78.1. The zero-order valence-corrected chi connectivity index (χ0v) is 27.2. The molecule has 0 bridgehead atoms. The van der Waals surface area contributed by atoms with E-state index in [0.29, 0.717) is 29.5 Å². The number of sulfone groups is 1. The number of nitrogens with zero attached hydrogens (tertiary/aromatic N) is 1. The van der Waals surface area contributed by atoms with Crippen molar-refractivity contribution in [2.24, 2.45) is 0 Å². The Hall–Kier alpha value is -5.45. The number of benzene rings is 3. The van der Waals surface area contributed by atoms with Crippen molar-refractivity contribution < 1.29 is 50.2 Å². The number of amides is 2. The third-order valence-electron chi connectivity index (χ3n) is 6.75. The third kappa shape index (κ3) is 10.3. The average molecular weight is 708 g/mol. The van der Waals surface area contributed by atoms with Gasteiger partial charge in [-0.3, -0.25) is 9.59 Å². The summed E-state index contributed by atoms with van der Waals surface area (Å²) in [6.07, 6.45) is -3.52. The number of carboxylic acid groups (broad SMARTS) is 1. The van der Waals surface area contributed by atoms with Gasteiger partial charge in [-0.1, -0.05) is 6.92 Å². The Balaban J connectivity index is 0.000000838. The van der Waals surface area contributed by atoms with Gasteiger partial charge in [0.05, 0.1) is 17.3 Å². The second kappa shape index (κ2) is 16.1. The number of hydrogen-bond donors (Lipinski definition) is 5. The van der Waals surface area contributed by atoms with Crippen molar-refractivity contribution in [2.45, 2.75) is 44.4 Å². The molecule has 262 valence electrons. The lowest BCUT2D eigenvalue weighted by molar-refractivity contribution is -0.192. The lowest BCUT2D eigenvalue weighted by Gasteiger charge is -2.22. The van der Waals surface area contributed by atoms with E-state index in [1.54, 1.807) is 37.4 Å². The monoisotopic (exact) mass is 707 g/mol. The predicted octanol–water partition coefficient (Wildman–Crippen LogP) is 5.21. The van der Waals surface area contributed by atoms with Gasteiger partial charge >= 0.3 is 12.1 Å². The number of carbonyl (C=O) groups is 3. The number of fused-ring (bicyclic) bond motifs is 1. The molecule has 49 heavy (non-hydrogen) atoms. The van der Waals surface area contributed by atoms with Crippen LogP contribution in [0.2, 0.25) is 0 Å². The number of aliphatic carboxylic acids is 1. The number of ether oxygens (including phenoxy) is 1. The number of alkyl halides is 3. The van der Waals surface area contributed by atoms with Crippen molar-refractivity contribution in [3.8, 4) is 5.75 Å². The zero-order chi connectivity index (χ0) is 36.5. The van der Waals surface area contributed by atoms with Crippen LogP contribution in [0.1, 0.15) is 37.9 Å². The number of aromatic nitrogens is 1. The van der Waals surface area contributed by atoms with Crippen molar-refractivity contribution >= 4 is 55.6 Å². The van der Waals surface area contributed by atoms with Gasteiger partial charge in [0.25, 0.3) is 0 Å². The van der Waals surface area contributed by atoms with E-state index in [1.165, 1.54) is 50.2 Å². The van der Waals surface area contributed by atoms with Crippen molar-refractivity contribution in [3.05, 3.63) is 83.8 Å². The molecule has 0 saturated heterocycles. The molecule has 2 amide bonds. The number of hydrogen-bond acceptors (Lipinski definition) is 9. The number of nitrogens with two attached hydrogens (primary N) is 1. The molecule has 1 atom stereocenters. The summed E-state index contributed by atoms with van der Waals surface area (Å²) in [6.45, 7) is 4.77. The highest BCUT2D eigenvalue weighted by atomic mass is 32.2. The summed E-state index contributed by atoms with van der Waals surface area (Å²) in [5.74, 6) is -3.78. The molecule has 1 unspecified atom stereocenters. The van der Waals surface area contributed by atoms with Gasteiger partial charge in [0.2, 0.25) is 11.8 Å². The highest BCUT2D eigenvalue weighted by Gasteiger charge is 2.38. The van der Waals surface area contributed by atoms with E-state index in [4.69, 9.17) is 20.4 Å². The molecule has 0 radical (unpaired) electrons. The van der Waals surface area contributed by atoms with Crippen molar-refractivity contribution in [2.75, 3.05) is 28.7 Å². The second-order valence-corrected chi connectivity index (χ2v) is 12.5. The molecule has 0 fully saturated rings. The molecule has 0 aliphatic heterocycles. The van der Waals surface area contributed by atoms with Gasteiger partial charge in [-0.15, -0.1) is 0 Å². The number of nitrogens with one attached hydrogen (secondary N) is 3. The van der Waals surface area contributed by atoms with Crippen LogP contribution in [0.4, 0.5) is 34.8 Å². The summed E-state index contributed by atoms with van der Waals surface area (Å²) in [7, 11) is -3.66. The number of pyridine rings is 1. The minimum Gasteiger partial charge on any atom is -0.494 e. The fourth-order valence-electron chi connectivity index (χ4n) is 4.48. The maximum Gasteiger partial charge on any atom is 0.490 e. The van der Waals surface area contributed by atoms with E-state index < -0.39 is 39.7 Å². The van der Waals surface area contributed by atoms with Crippen LogP contribution in [0.15, 0.2) is 71.8 Å². The maximum absolute atomic E-state index is 15.2. The van der Waals surface area contributed by atoms with Gasteiger partial charge in [0, 0.05) is 42.0 Å². The Bertz CT molecular complexity index is 1960. The van der Waals surface area contributed by atoms with Gasteiger partial charge in [-0.05, 0) is 78.5 Å². The smallest absolute Gasteiger partial charge is 0.490 e. The summed E-state index contributed by atoms with van der Waals surface area (Å²) in [5.41, 5.74) is 7.15. The largest absolute Gasteiger partial charge is 0.494 e. The van der Waals surface area contributed by atoms with E-state index >= 15 is 4.39 Å². The van der Waals surface area contributed by atoms with Crippen LogP contribution in [0, 0.1) is 5.82 Å². The van der Waals surface area contributed by atoms with Crippen LogP contribution in [-0.2, 0) is 30.8 Å². The number of nitrogen functional groups attached to an aromatic ring is 1. The first-order chi connectivity index (χ1) is 23.0. The molecular formula is C32H33F4N5O7S. The van der Waals surface area contributed by atoms with Gasteiger partial charge < -0.3 is 31.5 Å². The molecule has 3 aromatic carbocycles. The third-order valence-corrected chi connectivity index (χ3v) is 8.58. The Kier molecular flexibility index (Phi) is 12.5. The van der Waals surface area contributed by atoms with Crippen molar-refractivity contribution in [1.29, 1.82) is 0 Å². The van der Waals surface area contributed by atoms with E-state index in [0.717, 1.165) is 10.8 Å². The average Bonchev–Trinajstić information content (AvgIpc) is 3.03. The van der Waals surface area contributed by atoms with Gasteiger partial charge in [0.1, 0.15) is 23.4 Å². The number of carbonyl (C=O) groups excluding carboxylic acids is 2. The Morgan fingerprint density at radius 3 is 2.29 bits per heavy atom. The molecule has 4 rings (SSSR count). The SMILES string of the molecule is CCOc1ccc(F)c(C(Nc2ccc3c(N)nccc3c2)C(=O)NCc2cc(NC(C)=O)ccc2S(=O)(=O)CC)c1.O=C(O)C(F)(F)F. The molecule has 17 heteroatoms. The van der Waals surface area contributed by atoms with Crippen molar-refractivity contribution in [1.82, 2.24) is 10.3 Å². The van der Waals surface area contributed by atoms with E-state index in [-0.39, 0.29) is 34.2 Å². The summed E-state index contributed by atoms with van der Waals surface area (Å²) >= 11 is 0. The standard InChI is InChI=1S/C30H32FN5O5S.C2HF3O2/c1-4-41-23-8-10-26(31)25(16-23)28(36-22-6-9-24-19(14-22)12-13-33-29(24)32)30(38)34-17-20-15-21(35-18(3)37)7-11-27(20)42(39,40)5-2;3-2(4,5)1(6)7/h6-16,28,36H,4-5,17H2,1-3H3,(H2,32,33)(H,34,38)(H,35,37);(H,6,7). The first kappa shape index (κ1) is 38.0. The topological polar surface area (TPSA) is 190 Å². The van der Waals surface area contributed by atoms with Crippen LogP contribution in [0.3, 0.4) is 0 Å².